The second-order valence-corrected chi connectivity index (χ2v) is 6.79. The first-order chi connectivity index (χ1) is 12.3. The Hall–Kier alpha value is -2.92. The molecule has 0 saturated heterocycles. The number of hydrogen-bond acceptors (Lipinski definition) is 2. The molecular formula is C20H13BrN4. The van der Waals surface area contributed by atoms with Crippen LogP contribution in [0.4, 0.5) is 0 Å². The molecule has 25 heavy (non-hydrogen) atoms. The summed E-state index contributed by atoms with van der Waals surface area (Å²) in [6.45, 7) is 0. The van der Waals surface area contributed by atoms with E-state index in [-0.39, 0.29) is 0 Å². The molecule has 0 atom stereocenters. The highest BCUT2D eigenvalue weighted by molar-refractivity contribution is 9.10. The highest BCUT2D eigenvalue weighted by Gasteiger charge is 2.09. The number of aromatic nitrogens is 4. The van der Waals surface area contributed by atoms with Gasteiger partial charge in [-0.2, -0.15) is 0 Å². The van der Waals surface area contributed by atoms with Gasteiger partial charge in [0, 0.05) is 40.0 Å². The molecular weight excluding hydrogens is 376 g/mol. The summed E-state index contributed by atoms with van der Waals surface area (Å²) >= 11 is 3.64. The summed E-state index contributed by atoms with van der Waals surface area (Å²) in [4.78, 5) is 9.04. The third-order valence-corrected chi connectivity index (χ3v) is 4.78. The monoisotopic (exact) mass is 388 g/mol. The summed E-state index contributed by atoms with van der Waals surface area (Å²) in [7, 11) is 0. The van der Waals surface area contributed by atoms with E-state index >= 15 is 0 Å². The minimum atomic E-state index is 0.946. The molecule has 4 aromatic heterocycles. The predicted octanol–water partition coefficient (Wildman–Crippen LogP) is 5.13. The molecule has 120 valence electrons. The second-order valence-electron chi connectivity index (χ2n) is 5.87. The number of halogens is 1. The van der Waals surface area contributed by atoms with Gasteiger partial charge < -0.3 is 9.13 Å². The Bertz CT molecular complexity index is 1130. The fourth-order valence-electron chi connectivity index (χ4n) is 3.19. The first-order valence-electron chi connectivity index (χ1n) is 7.95. The van der Waals surface area contributed by atoms with Crippen molar-refractivity contribution in [1.29, 1.82) is 0 Å². The molecule has 0 unspecified atom stereocenters. The summed E-state index contributed by atoms with van der Waals surface area (Å²) in [5, 5.41) is 2.24. The van der Waals surface area contributed by atoms with Gasteiger partial charge in [-0.25, -0.2) is 9.97 Å². The lowest BCUT2D eigenvalue weighted by Gasteiger charge is -2.11. The summed E-state index contributed by atoms with van der Waals surface area (Å²) in [6, 6.07) is 18.5. The Balaban J connectivity index is 1.73. The van der Waals surface area contributed by atoms with Gasteiger partial charge in [-0.15, -0.1) is 0 Å². The van der Waals surface area contributed by atoms with Gasteiger partial charge in [-0.05, 0) is 54.6 Å². The highest BCUT2D eigenvalue weighted by Crippen LogP contribution is 2.27. The average molecular weight is 389 g/mol. The van der Waals surface area contributed by atoms with Gasteiger partial charge in [-0.3, -0.25) is 0 Å². The van der Waals surface area contributed by atoms with Gasteiger partial charge in [0.2, 0.25) is 0 Å². The molecule has 1 aromatic carbocycles. The molecule has 5 aromatic rings. The predicted molar refractivity (Wildman–Crippen MR) is 103 cm³/mol. The SMILES string of the molecule is Brc1cc(-n2ccc3cccnc32)cc(-n2ccc3cccnc32)c1. The van der Waals surface area contributed by atoms with E-state index in [1.54, 1.807) is 0 Å². The zero-order valence-electron chi connectivity index (χ0n) is 13.2. The lowest BCUT2D eigenvalue weighted by molar-refractivity contribution is 1.05. The Morgan fingerprint density at radius 3 is 1.72 bits per heavy atom. The Kier molecular flexibility index (Phi) is 3.21. The average Bonchev–Trinajstić information content (AvgIpc) is 3.25. The molecule has 5 rings (SSSR count). The van der Waals surface area contributed by atoms with Crippen LogP contribution in [0.3, 0.4) is 0 Å². The second kappa shape index (κ2) is 5.57. The van der Waals surface area contributed by atoms with Crippen molar-refractivity contribution in [2.75, 3.05) is 0 Å². The molecule has 0 amide bonds. The first kappa shape index (κ1) is 14.4. The fourth-order valence-corrected chi connectivity index (χ4v) is 3.66. The van der Waals surface area contributed by atoms with Crippen LogP contribution in [0.15, 0.2) is 83.9 Å². The van der Waals surface area contributed by atoms with Crippen LogP contribution in [0.1, 0.15) is 0 Å². The molecule has 4 nitrogen and oxygen atoms in total. The van der Waals surface area contributed by atoms with Crippen molar-refractivity contribution < 1.29 is 0 Å². The van der Waals surface area contributed by atoms with E-state index in [4.69, 9.17) is 0 Å². The topological polar surface area (TPSA) is 35.6 Å². The molecule has 0 saturated carbocycles. The van der Waals surface area contributed by atoms with Crippen LogP contribution in [0.25, 0.3) is 33.4 Å². The number of rotatable bonds is 2. The van der Waals surface area contributed by atoms with Crippen molar-refractivity contribution in [3.05, 3.63) is 83.9 Å². The molecule has 5 heteroatoms. The van der Waals surface area contributed by atoms with Gasteiger partial charge in [-0.1, -0.05) is 15.9 Å². The normalized spacial score (nSPS) is 11.4. The zero-order valence-corrected chi connectivity index (χ0v) is 14.8. The minimum absolute atomic E-state index is 0.946. The van der Waals surface area contributed by atoms with Crippen LogP contribution >= 0.6 is 15.9 Å². The maximum absolute atomic E-state index is 4.52. The van der Waals surface area contributed by atoms with Crippen molar-refractivity contribution in [3.63, 3.8) is 0 Å². The van der Waals surface area contributed by atoms with Gasteiger partial charge in [0.05, 0.1) is 11.4 Å². The van der Waals surface area contributed by atoms with E-state index < -0.39 is 0 Å². The largest absolute Gasteiger partial charge is 0.301 e. The van der Waals surface area contributed by atoms with Crippen molar-refractivity contribution in [3.8, 4) is 11.4 Å². The molecule has 0 radical (unpaired) electrons. The third-order valence-electron chi connectivity index (χ3n) is 4.32. The van der Waals surface area contributed by atoms with E-state index in [0.29, 0.717) is 0 Å². The van der Waals surface area contributed by atoms with Crippen molar-refractivity contribution in [2.24, 2.45) is 0 Å². The molecule has 0 aliphatic rings. The van der Waals surface area contributed by atoms with Crippen LogP contribution in [-0.4, -0.2) is 19.1 Å². The highest BCUT2D eigenvalue weighted by atomic mass is 79.9. The molecule has 4 heterocycles. The quantitative estimate of drug-likeness (QED) is 0.420. The van der Waals surface area contributed by atoms with Crippen LogP contribution in [-0.2, 0) is 0 Å². The summed E-state index contributed by atoms with van der Waals surface area (Å²) < 4.78 is 5.21. The van der Waals surface area contributed by atoms with Gasteiger partial charge in [0.25, 0.3) is 0 Å². The van der Waals surface area contributed by atoms with Crippen LogP contribution in [0.2, 0.25) is 0 Å². The van der Waals surface area contributed by atoms with E-state index in [0.717, 1.165) is 37.9 Å². The summed E-state index contributed by atoms with van der Waals surface area (Å²) in [6.07, 6.45) is 7.74. The third kappa shape index (κ3) is 2.36. The lowest BCUT2D eigenvalue weighted by Crippen LogP contribution is -1.98. The number of benzene rings is 1. The maximum Gasteiger partial charge on any atom is 0.144 e. The number of fused-ring (bicyclic) bond motifs is 2. The van der Waals surface area contributed by atoms with E-state index in [1.807, 2.05) is 24.5 Å². The fraction of sp³-hybridized carbons (Fsp3) is 0. The van der Waals surface area contributed by atoms with Crippen molar-refractivity contribution >= 4 is 38.0 Å². The smallest absolute Gasteiger partial charge is 0.144 e. The minimum Gasteiger partial charge on any atom is -0.301 e. The van der Waals surface area contributed by atoms with Gasteiger partial charge >= 0.3 is 0 Å². The number of hydrogen-bond donors (Lipinski definition) is 0. The maximum atomic E-state index is 4.52. The Labute approximate surface area is 152 Å². The molecule has 0 bridgehead atoms. The van der Waals surface area contributed by atoms with Crippen molar-refractivity contribution in [1.82, 2.24) is 19.1 Å². The van der Waals surface area contributed by atoms with Crippen LogP contribution in [0.5, 0.6) is 0 Å². The number of pyridine rings is 2. The first-order valence-corrected chi connectivity index (χ1v) is 8.74. The van der Waals surface area contributed by atoms with Gasteiger partial charge in [0.1, 0.15) is 11.3 Å². The van der Waals surface area contributed by atoms with E-state index in [9.17, 15) is 0 Å². The van der Waals surface area contributed by atoms with Crippen LogP contribution in [0, 0.1) is 0 Å². The number of nitrogens with zero attached hydrogens (tertiary/aromatic N) is 4. The van der Waals surface area contributed by atoms with E-state index in [2.05, 4.69) is 89.9 Å². The molecule has 0 aliphatic heterocycles. The summed E-state index contributed by atoms with van der Waals surface area (Å²) in [5.74, 6) is 0. The molecule has 0 aliphatic carbocycles. The van der Waals surface area contributed by atoms with E-state index in [1.165, 1.54) is 0 Å². The van der Waals surface area contributed by atoms with Crippen LogP contribution < -0.4 is 0 Å². The van der Waals surface area contributed by atoms with Crippen molar-refractivity contribution in [2.45, 2.75) is 0 Å². The standard InChI is InChI=1S/C20H13BrN4/c21-16-11-17(24-9-5-14-3-1-7-22-19(14)24)13-18(12-16)25-10-6-15-4-2-8-23-20(15)25/h1-13H. The van der Waals surface area contributed by atoms with Gasteiger partial charge in [0.15, 0.2) is 0 Å². The molecule has 0 fully saturated rings. The molecule has 0 N–H and O–H groups in total. The summed E-state index contributed by atoms with van der Waals surface area (Å²) in [5.41, 5.74) is 4.00. The lowest BCUT2D eigenvalue weighted by atomic mass is 10.2. The Morgan fingerprint density at radius 2 is 1.20 bits per heavy atom. The molecule has 0 spiro atoms. The zero-order chi connectivity index (χ0) is 16.8. The Morgan fingerprint density at radius 1 is 0.680 bits per heavy atom.